The minimum atomic E-state index is -0.0735. The number of hydrogen-bond donors (Lipinski definition) is 1. The van der Waals surface area contributed by atoms with E-state index in [0.717, 1.165) is 19.5 Å². The van der Waals surface area contributed by atoms with Crippen LogP contribution in [0.25, 0.3) is 0 Å². The van der Waals surface area contributed by atoms with Crippen LogP contribution in [0.15, 0.2) is 6.07 Å². The Balaban J connectivity index is 0.00000169. The van der Waals surface area contributed by atoms with E-state index < -0.39 is 0 Å². The smallest absolute Gasteiger partial charge is 0.274 e. The van der Waals surface area contributed by atoms with Crippen LogP contribution >= 0.6 is 12.4 Å². The summed E-state index contributed by atoms with van der Waals surface area (Å²) in [6.45, 7) is 8.17. The van der Waals surface area contributed by atoms with Crippen LogP contribution in [0.4, 0.5) is 0 Å². The number of nitrogens with zero attached hydrogens (tertiary/aromatic N) is 3. The molecular formula is C18H29ClN4O. The van der Waals surface area contributed by atoms with Gasteiger partial charge in [-0.25, -0.2) is 0 Å². The van der Waals surface area contributed by atoms with Crippen molar-refractivity contribution in [1.29, 1.82) is 0 Å². The molecule has 0 spiro atoms. The molecule has 0 radical (unpaired) electrons. The van der Waals surface area contributed by atoms with Crippen molar-refractivity contribution in [3.63, 3.8) is 0 Å². The molecule has 5 nitrogen and oxygen atoms in total. The van der Waals surface area contributed by atoms with Crippen molar-refractivity contribution >= 4 is 18.3 Å². The fourth-order valence-electron chi connectivity index (χ4n) is 4.00. The van der Waals surface area contributed by atoms with Crippen molar-refractivity contribution in [2.24, 2.45) is 0 Å². The summed E-state index contributed by atoms with van der Waals surface area (Å²) in [7, 11) is 0. The molecule has 2 unspecified atom stereocenters. The first-order valence-corrected chi connectivity index (χ1v) is 9.07. The minimum Gasteiger partial charge on any atom is -0.336 e. The van der Waals surface area contributed by atoms with Crippen LogP contribution in [0.5, 0.6) is 0 Å². The van der Waals surface area contributed by atoms with Gasteiger partial charge in [-0.15, -0.1) is 12.4 Å². The maximum absolute atomic E-state index is 13.0. The van der Waals surface area contributed by atoms with Crippen molar-refractivity contribution < 1.29 is 4.79 Å². The van der Waals surface area contributed by atoms with Gasteiger partial charge in [0.05, 0.1) is 5.54 Å². The van der Waals surface area contributed by atoms with Crippen LogP contribution in [-0.2, 0) is 5.54 Å². The summed E-state index contributed by atoms with van der Waals surface area (Å²) in [6.07, 6.45) is 5.98. The molecule has 2 saturated heterocycles. The SMILES string of the molecule is CC(C)(C)n1nc(C(=O)N2CCC3CCC(C2)N3)cc1C1CC1.Cl. The van der Waals surface area contributed by atoms with Gasteiger partial charge < -0.3 is 10.2 Å². The zero-order chi connectivity index (χ0) is 16.2. The van der Waals surface area contributed by atoms with E-state index in [1.54, 1.807) is 0 Å². The lowest BCUT2D eigenvalue weighted by atomic mass is 10.1. The van der Waals surface area contributed by atoms with Gasteiger partial charge >= 0.3 is 0 Å². The predicted octanol–water partition coefficient (Wildman–Crippen LogP) is 2.90. The average Bonchev–Trinajstić information content (AvgIpc) is 3.11. The Morgan fingerprint density at radius 1 is 1.17 bits per heavy atom. The molecule has 0 aromatic carbocycles. The third-order valence-electron chi connectivity index (χ3n) is 5.40. The maximum Gasteiger partial charge on any atom is 0.274 e. The van der Waals surface area contributed by atoms with Gasteiger partial charge in [-0.3, -0.25) is 9.48 Å². The highest BCUT2D eigenvalue weighted by molar-refractivity contribution is 5.92. The van der Waals surface area contributed by atoms with E-state index in [4.69, 9.17) is 5.10 Å². The summed E-state index contributed by atoms with van der Waals surface area (Å²) < 4.78 is 2.08. The van der Waals surface area contributed by atoms with Gasteiger partial charge in [-0.1, -0.05) is 0 Å². The largest absolute Gasteiger partial charge is 0.336 e. The van der Waals surface area contributed by atoms with Crippen molar-refractivity contribution in [3.05, 3.63) is 17.5 Å². The zero-order valence-corrected chi connectivity index (χ0v) is 15.7. The number of rotatable bonds is 2. The van der Waals surface area contributed by atoms with E-state index in [1.165, 1.54) is 31.4 Å². The van der Waals surface area contributed by atoms with Crippen molar-refractivity contribution in [2.45, 2.75) is 76.4 Å². The number of carbonyl (C=O) groups excluding carboxylic acids is 1. The number of carbonyl (C=O) groups is 1. The van der Waals surface area contributed by atoms with Crippen LogP contribution in [-0.4, -0.2) is 45.8 Å². The lowest BCUT2D eigenvalue weighted by Gasteiger charge is -2.24. The standard InChI is InChI=1S/C18H28N4O.ClH/c1-18(2,3)22-16(12-4-5-12)10-15(20-22)17(23)21-9-8-13-6-7-14(11-21)19-13;/h10,12-14,19H,4-9,11H2,1-3H3;1H. The number of likely N-dealkylation sites (tertiary alicyclic amines) is 1. The Morgan fingerprint density at radius 2 is 1.88 bits per heavy atom. The van der Waals surface area contributed by atoms with Gasteiger partial charge in [-0.05, 0) is 58.9 Å². The molecular weight excluding hydrogens is 324 g/mol. The van der Waals surface area contributed by atoms with E-state index in [-0.39, 0.29) is 23.9 Å². The lowest BCUT2D eigenvalue weighted by molar-refractivity contribution is 0.0740. The molecule has 134 valence electrons. The van der Waals surface area contributed by atoms with Crippen LogP contribution in [0.3, 0.4) is 0 Å². The van der Waals surface area contributed by atoms with Gasteiger partial charge in [0.1, 0.15) is 0 Å². The number of aromatic nitrogens is 2. The van der Waals surface area contributed by atoms with Crippen LogP contribution < -0.4 is 5.32 Å². The molecule has 1 aromatic rings. The van der Waals surface area contributed by atoms with Gasteiger partial charge in [0.25, 0.3) is 5.91 Å². The van der Waals surface area contributed by atoms with Crippen LogP contribution in [0.1, 0.15) is 75.0 Å². The topological polar surface area (TPSA) is 50.2 Å². The summed E-state index contributed by atoms with van der Waals surface area (Å²) in [5, 5.41) is 8.35. The van der Waals surface area contributed by atoms with Crippen LogP contribution in [0, 0.1) is 0 Å². The molecule has 2 atom stereocenters. The second-order valence-electron chi connectivity index (χ2n) is 8.49. The highest BCUT2D eigenvalue weighted by atomic mass is 35.5. The Hall–Kier alpha value is -1.07. The van der Waals surface area contributed by atoms with Gasteiger partial charge in [0.15, 0.2) is 5.69 Å². The van der Waals surface area contributed by atoms with Crippen molar-refractivity contribution in [1.82, 2.24) is 20.0 Å². The number of amides is 1. The molecule has 1 aliphatic carbocycles. The van der Waals surface area contributed by atoms with Crippen molar-refractivity contribution in [2.75, 3.05) is 13.1 Å². The number of halogens is 1. The molecule has 4 rings (SSSR count). The first-order chi connectivity index (χ1) is 10.9. The molecule has 2 bridgehead atoms. The molecule has 24 heavy (non-hydrogen) atoms. The van der Waals surface area contributed by atoms with E-state index in [1.807, 2.05) is 4.90 Å². The lowest BCUT2D eigenvalue weighted by Crippen LogP contribution is -2.39. The Kier molecular flexibility index (Phi) is 4.69. The molecule has 3 heterocycles. The van der Waals surface area contributed by atoms with E-state index >= 15 is 0 Å². The zero-order valence-electron chi connectivity index (χ0n) is 14.9. The molecule has 6 heteroatoms. The summed E-state index contributed by atoms with van der Waals surface area (Å²) in [5.74, 6) is 0.717. The first kappa shape index (κ1) is 17.7. The third-order valence-corrected chi connectivity index (χ3v) is 5.40. The van der Waals surface area contributed by atoms with E-state index in [2.05, 4.69) is 36.8 Å². The monoisotopic (exact) mass is 352 g/mol. The fourth-order valence-corrected chi connectivity index (χ4v) is 4.00. The maximum atomic E-state index is 13.0. The predicted molar refractivity (Wildman–Crippen MR) is 96.9 cm³/mol. The Morgan fingerprint density at radius 3 is 2.54 bits per heavy atom. The Bertz CT molecular complexity index is 617. The first-order valence-electron chi connectivity index (χ1n) is 9.07. The summed E-state index contributed by atoms with van der Waals surface area (Å²) in [5.41, 5.74) is 1.81. The number of hydrogen-bond acceptors (Lipinski definition) is 3. The quantitative estimate of drug-likeness (QED) is 0.890. The normalized spacial score (nSPS) is 26.9. The molecule has 1 saturated carbocycles. The third kappa shape index (κ3) is 3.33. The van der Waals surface area contributed by atoms with Crippen LogP contribution in [0.2, 0.25) is 0 Å². The molecule has 3 aliphatic rings. The fraction of sp³-hybridized carbons (Fsp3) is 0.778. The molecule has 2 aliphatic heterocycles. The second kappa shape index (κ2) is 6.34. The highest BCUT2D eigenvalue weighted by Gasteiger charge is 2.35. The molecule has 3 fully saturated rings. The highest BCUT2D eigenvalue weighted by Crippen LogP contribution is 2.41. The van der Waals surface area contributed by atoms with Gasteiger partial charge in [0.2, 0.25) is 0 Å². The molecule has 1 N–H and O–H groups in total. The van der Waals surface area contributed by atoms with E-state index in [0.29, 0.717) is 23.7 Å². The number of nitrogens with one attached hydrogen (secondary N) is 1. The second-order valence-corrected chi connectivity index (χ2v) is 8.49. The van der Waals surface area contributed by atoms with Gasteiger partial charge in [-0.2, -0.15) is 5.10 Å². The Labute approximate surface area is 150 Å². The minimum absolute atomic E-state index is 0. The number of fused-ring (bicyclic) bond motifs is 2. The summed E-state index contributed by atoms with van der Waals surface area (Å²) >= 11 is 0. The summed E-state index contributed by atoms with van der Waals surface area (Å²) in [6, 6.07) is 3.13. The average molecular weight is 353 g/mol. The molecule has 1 amide bonds. The van der Waals surface area contributed by atoms with E-state index in [9.17, 15) is 4.79 Å². The van der Waals surface area contributed by atoms with Crippen molar-refractivity contribution in [3.8, 4) is 0 Å². The molecule has 1 aromatic heterocycles. The summed E-state index contributed by atoms with van der Waals surface area (Å²) in [4.78, 5) is 15.0. The van der Waals surface area contributed by atoms with Gasteiger partial charge in [0, 0.05) is 36.8 Å².